The van der Waals surface area contributed by atoms with Crippen molar-refractivity contribution in [1.82, 2.24) is 9.80 Å². The van der Waals surface area contributed by atoms with Crippen LogP contribution in [0, 0.1) is 0 Å². The summed E-state index contributed by atoms with van der Waals surface area (Å²) in [7, 11) is 1.67. The number of methoxy groups -OCH3 is 1. The second kappa shape index (κ2) is 8.60. The van der Waals surface area contributed by atoms with Crippen molar-refractivity contribution in [3.63, 3.8) is 0 Å². The molecular formula is C22H32ClN3O2. The highest BCUT2D eigenvalue weighted by molar-refractivity contribution is 6.17. The average molecular weight is 406 g/mol. The molecule has 3 saturated heterocycles. The van der Waals surface area contributed by atoms with Crippen LogP contribution in [0.25, 0.3) is 0 Å². The van der Waals surface area contributed by atoms with Gasteiger partial charge in [0.25, 0.3) is 0 Å². The van der Waals surface area contributed by atoms with Gasteiger partial charge in [-0.15, -0.1) is 11.6 Å². The molecule has 0 aliphatic carbocycles. The molecule has 0 spiro atoms. The van der Waals surface area contributed by atoms with Gasteiger partial charge in [0.1, 0.15) is 5.75 Å². The summed E-state index contributed by atoms with van der Waals surface area (Å²) < 4.78 is 5.52. The molecule has 3 heterocycles. The van der Waals surface area contributed by atoms with Crippen molar-refractivity contribution in [2.75, 3.05) is 31.1 Å². The quantitative estimate of drug-likeness (QED) is 0.552. The number of carbonyl (C=O) groups is 1. The van der Waals surface area contributed by atoms with Gasteiger partial charge in [-0.1, -0.05) is 12.1 Å². The van der Waals surface area contributed by atoms with Crippen molar-refractivity contribution in [2.24, 2.45) is 0 Å². The second-order valence-electron chi connectivity index (χ2n) is 8.47. The zero-order chi connectivity index (χ0) is 19.7. The molecule has 1 aromatic rings. The number of nitrogens with zero attached hydrogens (tertiary/aromatic N) is 3. The number of hydrogen-bond donors (Lipinski definition) is 0. The number of benzene rings is 1. The summed E-state index contributed by atoms with van der Waals surface area (Å²) in [6.45, 7) is 3.79. The van der Waals surface area contributed by atoms with Gasteiger partial charge in [0.05, 0.1) is 18.8 Å². The third-order valence-corrected chi connectivity index (χ3v) is 7.34. The van der Waals surface area contributed by atoms with E-state index in [2.05, 4.69) is 9.80 Å². The van der Waals surface area contributed by atoms with Gasteiger partial charge in [-0.3, -0.25) is 9.69 Å². The molecule has 0 saturated carbocycles. The Labute approximate surface area is 173 Å². The molecule has 0 N–H and O–H groups in total. The first-order chi connectivity index (χ1) is 13.6. The standard InChI is InChI=1S/C22H32ClN3O2/c1-16(27)26(21-5-3-4-6-22(21)28-2)17-9-11-24(12-10-17)20-13-18-7-8-19(14-20)25(18)15-23/h3-6,17-20H,7-15H2,1-2H3. The van der Waals surface area contributed by atoms with E-state index in [0.29, 0.717) is 24.1 Å². The summed E-state index contributed by atoms with van der Waals surface area (Å²) in [5.74, 6) is 0.863. The molecule has 5 nitrogen and oxygen atoms in total. The van der Waals surface area contributed by atoms with Crippen LogP contribution < -0.4 is 9.64 Å². The van der Waals surface area contributed by atoms with Crippen LogP contribution in [-0.2, 0) is 4.79 Å². The van der Waals surface area contributed by atoms with Crippen LogP contribution >= 0.6 is 11.6 Å². The number of hydrogen-bond acceptors (Lipinski definition) is 4. The van der Waals surface area contributed by atoms with Crippen molar-refractivity contribution in [3.8, 4) is 5.75 Å². The summed E-state index contributed by atoms with van der Waals surface area (Å²) in [5, 5.41) is 0. The Bertz CT molecular complexity index is 678. The van der Waals surface area contributed by atoms with Crippen LogP contribution in [0.4, 0.5) is 5.69 Å². The highest BCUT2D eigenvalue weighted by Gasteiger charge is 2.42. The molecule has 2 unspecified atom stereocenters. The fourth-order valence-corrected chi connectivity index (χ4v) is 6.09. The molecule has 1 amide bonds. The molecule has 28 heavy (non-hydrogen) atoms. The van der Waals surface area contributed by atoms with Crippen molar-refractivity contribution in [2.45, 2.75) is 69.6 Å². The number of para-hydroxylation sites is 2. The molecule has 2 bridgehead atoms. The number of piperidine rings is 2. The summed E-state index contributed by atoms with van der Waals surface area (Å²) in [6.07, 6.45) is 7.13. The number of rotatable bonds is 5. The van der Waals surface area contributed by atoms with Gasteiger partial charge >= 0.3 is 0 Å². The van der Waals surface area contributed by atoms with Gasteiger partial charge < -0.3 is 14.5 Å². The summed E-state index contributed by atoms with van der Waals surface area (Å²) in [6, 6.07) is 10.8. The first kappa shape index (κ1) is 20.0. The van der Waals surface area contributed by atoms with Gasteiger partial charge in [0.15, 0.2) is 0 Å². The predicted molar refractivity (Wildman–Crippen MR) is 113 cm³/mol. The van der Waals surface area contributed by atoms with Crippen LogP contribution in [0.15, 0.2) is 24.3 Å². The molecule has 6 heteroatoms. The first-order valence-electron chi connectivity index (χ1n) is 10.6. The minimum Gasteiger partial charge on any atom is -0.495 e. The summed E-state index contributed by atoms with van der Waals surface area (Å²) >= 11 is 6.17. The lowest BCUT2D eigenvalue weighted by Gasteiger charge is -2.46. The first-order valence-corrected chi connectivity index (χ1v) is 11.1. The molecule has 2 atom stereocenters. The lowest BCUT2D eigenvalue weighted by molar-refractivity contribution is -0.117. The van der Waals surface area contributed by atoms with Crippen molar-refractivity contribution < 1.29 is 9.53 Å². The number of fused-ring (bicyclic) bond motifs is 2. The van der Waals surface area contributed by atoms with E-state index in [1.165, 1.54) is 25.7 Å². The zero-order valence-corrected chi connectivity index (χ0v) is 17.8. The molecular weight excluding hydrogens is 374 g/mol. The number of carbonyl (C=O) groups excluding carboxylic acids is 1. The molecule has 0 radical (unpaired) electrons. The van der Waals surface area contributed by atoms with Gasteiger partial charge in [0, 0.05) is 44.2 Å². The molecule has 4 rings (SSSR count). The van der Waals surface area contributed by atoms with Crippen molar-refractivity contribution in [1.29, 1.82) is 0 Å². The maximum absolute atomic E-state index is 12.5. The van der Waals surface area contributed by atoms with E-state index in [9.17, 15) is 4.79 Å². The lowest BCUT2D eigenvalue weighted by Crippen LogP contribution is -2.54. The maximum Gasteiger partial charge on any atom is 0.224 e. The molecule has 154 valence electrons. The van der Waals surface area contributed by atoms with Gasteiger partial charge in [-0.25, -0.2) is 0 Å². The third-order valence-electron chi connectivity index (χ3n) is 7.06. The minimum absolute atomic E-state index is 0.0939. The van der Waals surface area contributed by atoms with Crippen LogP contribution in [0.5, 0.6) is 5.75 Å². The van der Waals surface area contributed by atoms with Crippen LogP contribution in [-0.4, -0.2) is 66.1 Å². The maximum atomic E-state index is 12.5. The Morgan fingerprint density at radius 1 is 1.11 bits per heavy atom. The SMILES string of the molecule is COc1ccccc1N(C(C)=O)C1CCN(C2CC3CCC(C2)N3CCl)CC1. The predicted octanol–water partition coefficient (Wildman–Crippen LogP) is 3.70. The van der Waals surface area contributed by atoms with Crippen LogP contribution in [0.1, 0.15) is 45.4 Å². The van der Waals surface area contributed by atoms with Crippen molar-refractivity contribution >= 4 is 23.2 Å². The Kier molecular flexibility index (Phi) is 6.14. The Morgan fingerprint density at radius 3 is 2.32 bits per heavy atom. The number of alkyl halides is 1. The van der Waals surface area contributed by atoms with Crippen molar-refractivity contribution in [3.05, 3.63) is 24.3 Å². The van der Waals surface area contributed by atoms with Crippen LogP contribution in [0.2, 0.25) is 0 Å². The summed E-state index contributed by atoms with van der Waals surface area (Å²) in [4.78, 5) is 19.6. The van der Waals surface area contributed by atoms with Gasteiger partial charge in [-0.05, 0) is 50.7 Å². The third kappa shape index (κ3) is 3.77. The van der Waals surface area contributed by atoms with Crippen LogP contribution in [0.3, 0.4) is 0 Å². The number of amides is 1. The van der Waals surface area contributed by atoms with E-state index >= 15 is 0 Å². The van der Waals surface area contributed by atoms with E-state index in [1.807, 2.05) is 29.2 Å². The Morgan fingerprint density at radius 2 is 1.75 bits per heavy atom. The highest BCUT2D eigenvalue weighted by Crippen LogP contribution is 2.39. The largest absolute Gasteiger partial charge is 0.495 e. The van der Waals surface area contributed by atoms with Gasteiger partial charge in [-0.2, -0.15) is 0 Å². The number of anilines is 1. The number of ether oxygens (including phenoxy) is 1. The molecule has 1 aromatic carbocycles. The average Bonchev–Trinajstić information content (AvgIpc) is 2.96. The molecule has 0 aromatic heterocycles. The minimum atomic E-state index is 0.0939. The van der Waals surface area contributed by atoms with E-state index in [0.717, 1.165) is 37.4 Å². The monoisotopic (exact) mass is 405 g/mol. The highest BCUT2D eigenvalue weighted by atomic mass is 35.5. The molecule has 3 aliphatic rings. The van der Waals surface area contributed by atoms with E-state index < -0.39 is 0 Å². The second-order valence-corrected chi connectivity index (χ2v) is 8.71. The Hall–Kier alpha value is -1.30. The summed E-state index contributed by atoms with van der Waals surface area (Å²) in [5.41, 5.74) is 0.893. The van der Waals surface area contributed by atoms with E-state index in [-0.39, 0.29) is 11.9 Å². The topological polar surface area (TPSA) is 36.0 Å². The molecule has 3 aliphatic heterocycles. The molecule has 3 fully saturated rings. The number of halogens is 1. The van der Waals surface area contributed by atoms with E-state index in [4.69, 9.17) is 16.3 Å². The normalized spacial score (nSPS) is 29.0. The Balaban J connectivity index is 1.41. The lowest BCUT2D eigenvalue weighted by atomic mass is 9.93. The van der Waals surface area contributed by atoms with Gasteiger partial charge in [0.2, 0.25) is 5.91 Å². The zero-order valence-electron chi connectivity index (χ0n) is 17.0. The number of likely N-dealkylation sites (tertiary alicyclic amines) is 1. The fourth-order valence-electron chi connectivity index (χ4n) is 5.70. The van der Waals surface area contributed by atoms with E-state index in [1.54, 1.807) is 14.0 Å². The fraction of sp³-hybridized carbons (Fsp3) is 0.682. The smallest absolute Gasteiger partial charge is 0.224 e.